The van der Waals surface area contributed by atoms with Crippen LogP contribution in [0.1, 0.15) is 49.9 Å². The normalized spacial score (nSPS) is 19.4. The Morgan fingerprint density at radius 2 is 2.32 bits per heavy atom. The van der Waals surface area contributed by atoms with Gasteiger partial charge in [-0.05, 0) is 37.1 Å². The largest absolute Gasteiger partial charge is 0.396 e. The second-order valence-corrected chi connectivity index (χ2v) is 6.41. The Morgan fingerprint density at radius 3 is 2.79 bits per heavy atom. The van der Waals surface area contributed by atoms with Crippen molar-refractivity contribution in [2.45, 2.75) is 57.2 Å². The number of aliphatic hydroxyl groups is 1. The highest BCUT2D eigenvalue weighted by atomic mass is 32.1. The smallest absolute Gasteiger partial charge is 0.0595 e. The number of hydrogen-bond acceptors (Lipinski definition) is 4. The van der Waals surface area contributed by atoms with E-state index in [4.69, 9.17) is 10.8 Å². The van der Waals surface area contributed by atoms with Gasteiger partial charge in [0.2, 0.25) is 0 Å². The summed E-state index contributed by atoms with van der Waals surface area (Å²) in [6, 6.07) is 5.48. The molecule has 108 valence electrons. The Labute approximate surface area is 120 Å². The summed E-state index contributed by atoms with van der Waals surface area (Å²) in [5.74, 6) is 0. The van der Waals surface area contributed by atoms with E-state index in [9.17, 15) is 0 Å². The molecule has 0 aliphatic heterocycles. The lowest BCUT2D eigenvalue weighted by Gasteiger charge is -2.44. The van der Waals surface area contributed by atoms with Crippen LogP contribution in [0.3, 0.4) is 0 Å². The molecule has 2 unspecified atom stereocenters. The summed E-state index contributed by atoms with van der Waals surface area (Å²) in [5.41, 5.74) is 6.40. The van der Waals surface area contributed by atoms with Crippen LogP contribution in [-0.4, -0.2) is 35.2 Å². The number of hydrogen-bond donors (Lipinski definition) is 2. The summed E-state index contributed by atoms with van der Waals surface area (Å²) < 4.78 is 0. The molecule has 1 aromatic rings. The van der Waals surface area contributed by atoms with E-state index < -0.39 is 0 Å². The number of nitrogens with two attached hydrogens (primary N) is 1. The van der Waals surface area contributed by atoms with Gasteiger partial charge in [-0.3, -0.25) is 4.90 Å². The molecule has 0 amide bonds. The van der Waals surface area contributed by atoms with E-state index in [-0.39, 0.29) is 12.6 Å². The molecule has 2 rings (SSSR count). The third kappa shape index (κ3) is 3.57. The van der Waals surface area contributed by atoms with Crippen LogP contribution < -0.4 is 5.73 Å². The van der Waals surface area contributed by atoms with Crippen molar-refractivity contribution < 1.29 is 5.11 Å². The van der Waals surface area contributed by atoms with Gasteiger partial charge < -0.3 is 10.8 Å². The molecule has 3 N–H and O–H groups in total. The van der Waals surface area contributed by atoms with E-state index in [0.29, 0.717) is 12.1 Å². The van der Waals surface area contributed by atoms with E-state index in [2.05, 4.69) is 29.3 Å². The van der Waals surface area contributed by atoms with Gasteiger partial charge >= 0.3 is 0 Å². The van der Waals surface area contributed by atoms with Gasteiger partial charge in [0, 0.05) is 30.1 Å². The quantitative estimate of drug-likeness (QED) is 0.771. The lowest BCUT2D eigenvalue weighted by atomic mass is 9.88. The molecular formula is C15H26N2OS. The predicted octanol–water partition coefficient (Wildman–Crippen LogP) is 2.76. The molecule has 1 aliphatic rings. The van der Waals surface area contributed by atoms with Crippen molar-refractivity contribution in [1.29, 1.82) is 0 Å². The van der Waals surface area contributed by atoms with Crippen molar-refractivity contribution in [1.82, 2.24) is 4.90 Å². The fraction of sp³-hybridized carbons (Fsp3) is 0.733. The maximum atomic E-state index is 9.14. The second-order valence-electron chi connectivity index (χ2n) is 5.43. The molecule has 0 bridgehead atoms. The van der Waals surface area contributed by atoms with Crippen LogP contribution in [0.2, 0.25) is 0 Å². The molecule has 2 atom stereocenters. The van der Waals surface area contributed by atoms with Crippen molar-refractivity contribution in [2.24, 2.45) is 5.73 Å². The van der Waals surface area contributed by atoms with Crippen molar-refractivity contribution >= 4 is 11.3 Å². The van der Waals surface area contributed by atoms with Gasteiger partial charge in [-0.15, -0.1) is 11.3 Å². The first-order valence-electron chi connectivity index (χ1n) is 7.43. The number of thiophene rings is 1. The molecule has 19 heavy (non-hydrogen) atoms. The maximum absolute atomic E-state index is 9.14. The summed E-state index contributed by atoms with van der Waals surface area (Å²) in [6.07, 6.45) is 5.73. The minimum absolute atomic E-state index is 0.179. The first-order valence-corrected chi connectivity index (χ1v) is 8.31. The second kappa shape index (κ2) is 7.39. The van der Waals surface area contributed by atoms with Crippen LogP contribution in [0.4, 0.5) is 0 Å². The summed E-state index contributed by atoms with van der Waals surface area (Å²) >= 11 is 1.80. The lowest BCUT2D eigenvalue weighted by Crippen LogP contribution is -2.49. The van der Waals surface area contributed by atoms with Gasteiger partial charge in [-0.25, -0.2) is 0 Å². The molecule has 1 saturated carbocycles. The van der Waals surface area contributed by atoms with Crippen LogP contribution in [0, 0.1) is 0 Å². The summed E-state index contributed by atoms with van der Waals surface area (Å²) in [6.45, 7) is 3.38. The average molecular weight is 282 g/mol. The van der Waals surface area contributed by atoms with Crippen LogP contribution in [0.25, 0.3) is 0 Å². The highest BCUT2D eigenvalue weighted by molar-refractivity contribution is 7.10. The first kappa shape index (κ1) is 15.0. The average Bonchev–Trinajstić information content (AvgIpc) is 2.87. The summed E-state index contributed by atoms with van der Waals surface area (Å²) in [5, 5.41) is 11.3. The molecule has 0 aromatic carbocycles. The van der Waals surface area contributed by atoms with Crippen LogP contribution in [0.5, 0.6) is 0 Å². The van der Waals surface area contributed by atoms with Gasteiger partial charge in [0.05, 0.1) is 6.04 Å². The zero-order chi connectivity index (χ0) is 13.7. The van der Waals surface area contributed by atoms with Crippen molar-refractivity contribution in [3.8, 4) is 0 Å². The SMILES string of the molecule is CCC(N)C(c1cccs1)N(CCCO)C1CCC1. The minimum atomic E-state index is 0.179. The molecule has 1 fully saturated rings. The maximum Gasteiger partial charge on any atom is 0.0595 e. The van der Waals surface area contributed by atoms with E-state index >= 15 is 0 Å². The van der Waals surface area contributed by atoms with Crippen molar-refractivity contribution in [2.75, 3.05) is 13.2 Å². The summed E-state index contributed by atoms with van der Waals surface area (Å²) in [7, 11) is 0. The van der Waals surface area contributed by atoms with Crippen molar-refractivity contribution in [3.05, 3.63) is 22.4 Å². The first-order chi connectivity index (χ1) is 9.27. The van der Waals surface area contributed by atoms with E-state index in [1.807, 2.05) is 0 Å². The van der Waals surface area contributed by atoms with Gasteiger partial charge in [0.15, 0.2) is 0 Å². The Balaban J connectivity index is 2.16. The Kier molecular flexibility index (Phi) is 5.82. The molecule has 1 aromatic heterocycles. The van der Waals surface area contributed by atoms with E-state index in [0.717, 1.165) is 19.4 Å². The zero-order valence-corrected chi connectivity index (χ0v) is 12.6. The monoisotopic (exact) mass is 282 g/mol. The topological polar surface area (TPSA) is 49.5 Å². The lowest BCUT2D eigenvalue weighted by molar-refractivity contribution is 0.0595. The molecule has 0 spiro atoms. The van der Waals surface area contributed by atoms with Crippen LogP contribution in [-0.2, 0) is 0 Å². The molecule has 1 aliphatic carbocycles. The van der Waals surface area contributed by atoms with Gasteiger partial charge in [0.1, 0.15) is 0 Å². The molecular weight excluding hydrogens is 256 g/mol. The highest BCUT2D eigenvalue weighted by Gasteiger charge is 2.34. The Hall–Kier alpha value is -0.420. The zero-order valence-electron chi connectivity index (χ0n) is 11.8. The molecule has 0 radical (unpaired) electrons. The van der Waals surface area contributed by atoms with Gasteiger partial charge in [0.25, 0.3) is 0 Å². The van der Waals surface area contributed by atoms with Crippen molar-refractivity contribution in [3.63, 3.8) is 0 Å². The third-order valence-corrected chi connectivity index (χ3v) is 5.13. The number of aliphatic hydroxyl groups excluding tert-OH is 1. The fourth-order valence-corrected chi connectivity index (χ4v) is 3.74. The Morgan fingerprint density at radius 1 is 1.53 bits per heavy atom. The third-order valence-electron chi connectivity index (χ3n) is 4.19. The predicted molar refractivity (Wildman–Crippen MR) is 81.4 cm³/mol. The van der Waals surface area contributed by atoms with E-state index in [1.165, 1.54) is 24.1 Å². The van der Waals surface area contributed by atoms with Crippen LogP contribution >= 0.6 is 11.3 Å². The van der Waals surface area contributed by atoms with Crippen LogP contribution in [0.15, 0.2) is 17.5 Å². The Bertz CT molecular complexity index is 351. The molecule has 4 heteroatoms. The standard InChI is InChI=1S/C15H26N2OS/c1-2-13(16)15(14-8-4-11-19-14)17(9-5-10-18)12-6-3-7-12/h4,8,11-13,15,18H,2-3,5-7,9-10,16H2,1H3. The van der Waals surface area contributed by atoms with Gasteiger partial charge in [-0.1, -0.05) is 19.4 Å². The summed E-state index contributed by atoms with van der Waals surface area (Å²) in [4.78, 5) is 3.93. The van der Waals surface area contributed by atoms with Gasteiger partial charge in [-0.2, -0.15) is 0 Å². The fourth-order valence-electron chi connectivity index (χ4n) is 2.82. The molecule has 3 nitrogen and oxygen atoms in total. The molecule has 0 saturated heterocycles. The highest BCUT2D eigenvalue weighted by Crippen LogP contribution is 2.36. The molecule has 1 heterocycles. The van der Waals surface area contributed by atoms with E-state index in [1.54, 1.807) is 11.3 Å². The minimum Gasteiger partial charge on any atom is -0.396 e. The number of nitrogens with zero attached hydrogens (tertiary/aromatic N) is 1. The number of rotatable bonds is 8.